The number of hydrogen-bond acceptors (Lipinski definition) is 0. The number of rotatable bonds is 4. The fraction of sp³-hybridized carbons (Fsp3) is 0.625. The van der Waals surface area contributed by atoms with E-state index in [4.69, 9.17) is 6.42 Å². The van der Waals surface area contributed by atoms with E-state index < -0.39 is 0 Å². The van der Waals surface area contributed by atoms with E-state index in [1.165, 1.54) is 19.3 Å². The molecule has 0 nitrogen and oxygen atoms in total. The Bertz CT molecular complexity index is 71.1. The number of terminal acetylenes is 1. The minimum atomic E-state index is 0. The van der Waals surface area contributed by atoms with Gasteiger partial charge in [-0.1, -0.05) is 12.8 Å². The first-order chi connectivity index (χ1) is 3.91. The van der Waals surface area contributed by atoms with Crippen molar-refractivity contribution in [1.82, 2.24) is 0 Å². The summed E-state index contributed by atoms with van der Waals surface area (Å²) >= 11 is 0. The average Bonchev–Trinajstić information content (AvgIpc) is 1.81. The maximum absolute atomic E-state index is 5.05. The minimum absolute atomic E-state index is 0. The summed E-state index contributed by atoms with van der Waals surface area (Å²) in [5.41, 5.74) is 0. The van der Waals surface area contributed by atoms with Crippen LogP contribution in [0.5, 0.6) is 0 Å². The first-order valence-corrected chi connectivity index (χ1v) is 3.14. The summed E-state index contributed by atoms with van der Waals surface area (Å²) in [5, 5.41) is 0. The molecule has 0 aromatic carbocycles. The maximum Gasteiger partial charge on any atom is 1.00 e. The van der Waals surface area contributed by atoms with Crippen molar-refractivity contribution >= 4 is 0 Å². The molecule has 0 radical (unpaired) electrons. The molecule has 0 aliphatic heterocycles. The molecule has 0 saturated carbocycles. The molecular formula is C8H13Na. The second-order valence-corrected chi connectivity index (χ2v) is 1.87. The van der Waals surface area contributed by atoms with Gasteiger partial charge >= 0.3 is 29.6 Å². The van der Waals surface area contributed by atoms with Crippen LogP contribution < -0.4 is 29.6 Å². The van der Waals surface area contributed by atoms with Gasteiger partial charge in [0.15, 0.2) is 0 Å². The van der Waals surface area contributed by atoms with Crippen molar-refractivity contribution in [3.63, 3.8) is 0 Å². The molecule has 0 aromatic heterocycles. The molecule has 0 heterocycles. The van der Waals surface area contributed by atoms with Gasteiger partial charge in [0.25, 0.3) is 0 Å². The van der Waals surface area contributed by atoms with Gasteiger partial charge in [-0.05, 0) is 6.42 Å². The first-order valence-electron chi connectivity index (χ1n) is 3.14. The summed E-state index contributed by atoms with van der Waals surface area (Å²) in [4.78, 5) is 0. The second-order valence-electron chi connectivity index (χ2n) is 1.87. The van der Waals surface area contributed by atoms with Crippen molar-refractivity contribution in [3.05, 3.63) is 6.92 Å². The fourth-order valence-electron chi connectivity index (χ4n) is 0.581. The Morgan fingerprint density at radius 2 is 1.89 bits per heavy atom. The maximum atomic E-state index is 5.05. The summed E-state index contributed by atoms with van der Waals surface area (Å²) in [6.45, 7) is 3.73. The predicted octanol–water partition coefficient (Wildman–Crippen LogP) is -0.592. The Labute approximate surface area is 80.7 Å². The summed E-state index contributed by atoms with van der Waals surface area (Å²) in [5.74, 6) is 2.61. The van der Waals surface area contributed by atoms with Gasteiger partial charge in [-0.2, -0.15) is 6.42 Å². The Morgan fingerprint density at radius 1 is 1.22 bits per heavy atom. The van der Waals surface area contributed by atoms with Gasteiger partial charge in [0, 0.05) is 6.42 Å². The van der Waals surface area contributed by atoms with Gasteiger partial charge in [-0.3, -0.25) is 0 Å². The Hall–Kier alpha value is 0.560. The molecule has 0 aliphatic rings. The van der Waals surface area contributed by atoms with E-state index in [2.05, 4.69) is 12.8 Å². The summed E-state index contributed by atoms with van der Waals surface area (Å²) in [6.07, 6.45) is 10.7. The van der Waals surface area contributed by atoms with Gasteiger partial charge in [0.1, 0.15) is 0 Å². The van der Waals surface area contributed by atoms with Crippen molar-refractivity contribution in [3.8, 4) is 12.3 Å². The van der Waals surface area contributed by atoms with Crippen LogP contribution in [0.15, 0.2) is 0 Å². The van der Waals surface area contributed by atoms with Crippen LogP contribution in [-0.2, 0) is 0 Å². The van der Waals surface area contributed by atoms with Crippen molar-refractivity contribution in [2.45, 2.75) is 32.1 Å². The van der Waals surface area contributed by atoms with Gasteiger partial charge in [-0.15, -0.1) is 12.3 Å². The second kappa shape index (κ2) is 11.4. The molecule has 0 fully saturated rings. The van der Waals surface area contributed by atoms with Crippen LogP contribution in [0.4, 0.5) is 0 Å². The topological polar surface area (TPSA) is 0 Å². The van der Waals surface area contributed by atoms with Gasteiger partial charge in [0.05, 0.1) is 0 Å². The number of hydrogen-bond donors (Lipinski definition) is 0. The Morgan fingerprint density at radius 3 is 2.33 bits per heavy atom. The monoisotopic (exact) mass is 132 g/mol. The van der Waals surface area contributed by atoms with Gasteiger partial charge in [0.2, 0.25) is 0 Å². The molecule has 9 heavy (non-hydrogen) atoms. The predicted molar refractivity (Wildman–Crippen MR) is 37.3 cm³/mol. The smallest absolute Gasteiger partial charge is 0.343 e. The summed E-state index contributed by atoms with van der Waals surface area (Å²) in [7, 11) is 0. The molecule has 0 amide bonds. The first kappa shape index (κ1) is 12.3. The zero-order valence-corrected chi connectivity index (χ0v) is 8.32. The third-order valence-corrected chi connectivity index (χ3v) is 1.07. The normalized spacial score (nSPS) is 7.56. The van der Waals surface area contributed by atoms with E-state index in [9.17, 15) is 0 Å². The standard InChI is InChI=1S/C8H13.Na/c1-3-5-7-8-6-4-2;/h1H,2,4-8H2;/q-1;+1. The number of unbranched alkanes of at least 4 members (excludes halogenated alkanes) is 4. The molecule has 0 bridgehead atoms. The molecule has 0 unspecified atom stereocenters. The Balaban J connectivity index is 0. The molecule has 1 heteroatoms. The molecule has 0 saturated heterocycles. The van der Waals surface area contributed by atoms with Crippen molar-refractivity contribution in [2.24, 2.45) is 0 Å². The molecule has 0 spiro atoms. The van der Waals surface area contributed by atoms with Crippen LogP contribution in [0.3, 0.4) is 0 Å². The van der Waals surface area contributed by atoms with Crippen LogP contribution >= 0.6 is 0 Å². The van der Waals surface area contributed by atoms with Gasteiger partial charge in [-0.25, -0.2) is 0 Å². The van der Waals surface area contributed by atoms with Crippen molar-refractivity contribution in [1.29, 1.82) is 0 Å². The molecule has 0 aromatic rings. The van der Waals surface area contributed by atoms with E-state index in [1.54, 1.807) is 0 Å². The van der Waals surface area contributed by atoms with Crippen LogP contribution in [-0.4, -0.2) is 0 Å². The van der Waals surface area contributed by atoms with Crippen molar-refractivity contribution in [2.75, 3.05) is 0 Å². The van der Waals surface area contributed by atoms with Crippen molar-refractivity contribution < 1.29 is 29.6 Å². The molecule has 0 N–H and O–H groups in total. The largest absolute Gasteiger partial charge is 1.00 e. The molecule has 0 aliphatic carbocycles. The van der Waals surface area contributed by atoms with E-state index in [0.717, 1.165) is 12.8 Å². The Kier molecular flexibility index (Phi) is 15.5. The summed E-state index contributed by atoms with van der Waals surface area (Å²) < 4.78 is 0. The van der Waals surface area contributed by atoms with Crippen LogP contribution in [0.25, 0.3) is 0 Å². The minimum Gasteiger partial charge on any atom is -0.343 e. The van der Waals surface area contributed by atoms with Crippen LogP contribution in [0.1, 0.15) is 32.1 Å². The zero-order chi connectivity index (χ0) is 6.24. The third-order valence-electron chi connectivity index (χ3n) is 1.07. The molecule has 0 atom stereocenters. The van der Waals surface area contributed by atoms with Crippen LogP contribution in [0.2, 0.25) is 0 Å². The van der Waals surface area contributed by atoms with E-state index in [1.807, 2.05) is 0 Å². The van der Waals surface area contributed by atoms with E-state index >= 15 is 0 Å². The molecular weight excluding hydrogens is 119 g/mol. The zero-order valence-electron chi connectivity index (χ0n) is 6.32. The third kappa shape index (κ3) is 11.9. The molecule has 0 rings (SSSR count). The summed E-state index contributed by atoms with van der Waals surface area (Å²) in [6, 6.07) is 0. The van der Waals surface area contributed by atoms with E-state index in [0.29, 0.717) is 0 Å². The average molecular weight is 132 g/mol. The van der Waals surface area contributed by atoms with Gasteiger partial charge < -0.3 is 6.92 Å². The fourth-order valence-corrected chi connectivity index (χ4v) is 0.581. The van der Waals surface area contributed by atoms with E-state index in [-0.39, 0.29) is 29.6 Å². The quantitative estimate of drug-likeness (QED) is 0.207. The molecule has 46 valence electrons. The SMILES string of the molecule is C#CCCCCC[CH2-].[Na+]. The van der Waals surface area contributed by atoms with Crippen LogP contribution in [0, 0.1) is 19.3 Å².